The second-order valence-electron chi connectivity index (χ2n) is 6.39. The molecule has 18 heavy (non-hydrogen) atoms. The van der Waals surface area contributed by atoms with Crippen LogP contribution in [-0.4, -0.2) is 15.3 Å². The van der Waals surface area contributed by atoms with Gasteiger partial charge in [0.1, 0.15) is 0 Å². The van der Waals surface area contributed by atoms with Crippen molar-refractivity contribution in [2.24, 2.45) is 18.2 Å². The summed E-state index contributed by atoms with van der Waals surface area (Å²) in [6, 6.07) is 0. The van der Waals surface area contributed by atoms with Crippen LogP contribution < -0.4 is 5.73 Å². The van der Waals surface area contributed by atoms with Crippen LogP contribution in [0.1, 0.15) is 50.9 Å². The minimum absolute atomic E-state index is 0.117. The molecule has 1 aliphatic carbocycles. The summed E-state index contributed by atoms with van der Waals surface area (Å²) in [5, 5.41) is 4.47. The van der Waals surface area contributed by atoms with E-state index in [-0.39, 0.29) is 11.0 Å². The van der Waals surface area contributed by atoms with Gasteiger partial charge in [-0.05, 0) is 41.1 Å². The number of halogens is 1. The maximum Gasteiger partial charge on any atom is 0.0738 e. The Balaban J connectivity index is 2.32. The van der Waals surface area contributed by atoms with Crippen molar-refractivity contribution in [1.29, 1.82) is 0 Å². The molecule has 0 bridgehead atoms. The number of rotatable bonds is 2. The minimum Gasteiger partial charge on any atom is -0.324 e. The van der Waals surface area contributed by atoms with Gasteiger partial charge >= 0.3 is 0 Å². The fraction of sp³-hybridized carbons (Fsp3) is 0.786. The molecule has 0 radical (unpaired) electrons. The van der Waals surface area contributed by atoms with Crippen molar-refractivity contribution in [3.63, 3.8) is 0 Å². The monoisotopic (exact) mass is 313 g/mol. The molecular formula is C14H24BrN3. The molecule has 0 saturated heterocycles. The van der Waals surface area contributed by atoms with Crippen molar-refractivity contribution in [2.75, 3.05) is 0 Å². The largest absolute Gasteiger partial charge is 0.324 e. The van der Waals surface area contributed by atoms with E-state index in [9.17, 15) is 0 Å². The van der Waals surface area contributed by atoms with Gasteiger partial charge in [-0.15, -0.1) is 0 Å². The molecule has 1 atom stereocenters. The van der Waals surface area contributed by atoms with Crippen LogP contribution in [0.5, 0.6) is 0 Å². The molecule has 1 saturated carbocycles. The number of aryl methyl sites for hydroxylation is 2. The summed E-state index contributed by atoms with van der Waals surface area (Å²) in [5.74, 6) is 0. The molecule has 0 aliphatic heterocycles. The lowest BCUT2D eigenvalue weighted by molar-refractivity contribution is 0.0971. The summed E-state index contributed by atoms with van der Waals surface area (Å²) in [5.41, 5.74) is 9.11. The maximum atomic E-state index is 6.75. The van der Waals surface area contributed by atoms with E-state index in [2.05, 4.69) is 34.9 Å². The molecule has 102 valence electrons. The molecule has 1 fully saturated rings. The summed E-state index contributed by atoms with van der Waals surface area (Å²) in [6.07, 6.45) is 5.78. The molecule has 1 heterocycles. The molecule has 1 unspecified atom stereocenters. The highest BCUT2D eigenvalue weighted by Crippen LogP contribution is 2.44. The molecule has 2 N–H and O–H groups in total. The van der Waals surface area contributed by atoms with Gasteiger partial charge in [-0.25, -0.2) is 0 Å². The second-order valence-corrected chi connectivity index (χ2v) is 7.19. The van der Waals surface area contributed by atoms with E-state index in [1.54, 1.807) is 0 Å². The molecular weight excluding hydrogens is 290 g/mol. The Morgan fingerprint density at radius 3 is 2.44 bits per heavy atom. The molecule has 1 aromatic heterocycles. The number of hydrogen-bond donors (Lipinski definition) is 1. The van der Waals surface area contributed by atoms with Crippen LogP contribution in [0, 0.1) is 12.3 Å². The van der Waals surface area contributed by atoms with Crippen molar-refractivity contribution in [2.45, 2.75) is 58.4 Å². The fourth-order valence-electron chi connectivity index (χ4n) is 3.09. The lowest BCUT2D eigenvalue weighted by Crippen LogP contribution is -2.56. The summed E-state index contributed by atoms with van der Waals surface area (Å²) in [7, 11) is 2.01. The summed E-state index contributed by atoms with van der Waals surface area (Å²) in [6.45, 7) is 6.65. The van der Waals surface area contributed by atoms with Crippen LogP contribution in [0.15, 0.2) is 4.47 Å². The van der Waals surface area contributed by atoms with Gasteiger partial charge in [-0.2, -0.15) is 5.10 Å². The normalized spacial score (nSPS) is 27.4. The van der Waals surface area contributed by atoms with E-state index in [0.717, 1.165) is 23.0 Å². The van der Waals surface area contributed by atoms with E-state index in [1.807, 2.05) is 18.7 Å². The predicted octanol–water partition coefficient (Wildman–Crippen LogP) is 3.33. The topological polar surface area (TPSA) is 43.8 Å². The number of nitrogens with zero attached hydrogens (tertiary/aromatic N) is 2. The van der Waals surface area contributed by atoms with Gasteiger partial charge in [-0.3, -0.25) is 4.68 Å². The van der Waals surface area contributed by atoms with Crippen LogP contribution in [0.3, 0.4) is 0 Å². The third kappa shape index (κ3) is 2.25. The average molecular weight is 314 g/mol. The third-order valence-corrected chi connectivity index (χ3v) is 5.80. The zero-order valence-electron chi connectivity index (χ0n) is 11.9. The van der Waals surface area contributed by atoms with Gasteiger partial charge in [0.25, 0.3) is 0 Å². The van der Waals surface area contributed by atoms with E-state index >= 15 is 0 Å². The summed E-state index contributed by atoms with van der Waals surface area (Å²) in [4.78, 5) is 0. The van der Waals surface area contributed by atoms with Crippen LogP contribution in [0.2, 0.25) is 0 Å². The van der Waals surface area contributed by atoms with Crippen molar-refractivity contribution in [3.05, 3.63) is 15.9 Å². The van der Waals surface area contributed by atoms with Gasteiger partial charge in [0.2, 0.25) is 0 Å². The molecule has 4 heteroatoms. The first kappa shape index (κ1) is 14.1. The predicted molar refractivity (Wildman–Crippen MR) is 78.5 cm³/mol. The maximum absolute atomic E-state index is 6.75. The van der Waals surface area contributed by atoms with E-state index in [1.165, 1.54) is 25.0 Å². The standard InChI is InChI=1S/C14H24BrN3/c1-10-12(15)11(18(4)17-10)9-14(16)8-6-5-7-13(14,2)3/h5-9,16H2,1-4H3. The lowest BCUT2D eigenvalue weighted by Gasteiger charge is -2.48. The smallest absolute Gasteiger partial charge is 0.0738 e. The molecule has 2 rings (SSSR count). The summed E-state index contributed by atoms with van der Waals surface area (Å²) >= 11 is 3.65. The highest BCUT2D eigenvalue weighted by molar-refractivity contribution is 9.10. The first-order valence-electron chi connectivity index (χ1n) is 6.74. The average Bonchev–Trinajstić information content (AvgIpc) is 2.50. The third-order valence-electron chi connectivity index (χ3n) is 4.77. The molecule has 1 aromatic rings. The Labute approximate surface area is 118 Å². The Hall–Kier alpha value is -0.350. The van der Waals surface area contributed by atoms with Gasteiger partial charge in [0, 0.05) is 19.0 Å². The van der Waals surface area contributed by atoms with Crippen molar-refractivity contribution in [3.8, 4) is 0 Å². The van der Waals surface area contributed by atoms with Gasteiger partial charge in [0.05, 0.1) is 15.9 Å². The summed E-state index contributed by atoms with van der Waals surface area (Å²) < 4.78 is 3.09. The lowest BCUT2D eigenvalue weighted by atomic mass is 9.62. The number of hydrogen-bond acceptors (Lipinski definition) is 2. The first-order valence-corrected chi connectivity index (χ1v) is 7.53. The fourth-order valence-corrected chi connectivity index (χ4v) is 3.57. The SMILES string of the molecule is Cc1nn(C)c(CC2(N)CCCCC2(C)C)c1Br. The van der Waals surface area contributed by atoms with Crippen molar-refractivity contribution in [1.82, 2.24) is 9.78 Å². The van der Waals surface area contributed by atoms with Crippen LogP contribution in [0.4, 0.5) is 0 Å². The molecule has 0 amide bonds. The van der Waals surface area contributed by atoms with Crippen molar-refractivity contribution < 1.29 is 0 Å². The number of nitrogens with two attached hydrogens (primary N) is 1. The van der Waals surface area contributed by atoms with E-state index in [0.29, 0.717) is 0 Å². The Bertz CT molecular complexity index is 450. The molecule has 3 nitrogen and oxygen atoms in total. The Morgan fingerprint density at radius 1 is 1.33 bits per heavy atom. The number of aromatic nitrogens is 2. The molecule has 0 spiro atoms. The van der Waals surface area contributed by atoms with Crippen LogP contribution >= 0.6 is 15.9 Å². The van der Waals surface area contributed by atoms with Gasteiger partial charge < -0.3 is 5.73 Å². The highest BCUT2D eigenvalue weighted by Gasteiger charge is 2.44. The Morgan fingerprint density at radius 2 is 1.94 bits per heavy atom. The van der Waals surface area contributed by atoms with E-state index < -0.39 is 0 Å². The van der Waals surface area contributed by atoms with Gasteiger partial charge in [0.15, 0.2) is 0 Å². The van der Waals surface area contributed by atoms with Gasteiger partial charge in [-0.1, -0.05) is 26.7 Å². The Kier molecular flexibility index (Phi) is 3.63. The van der Waals surface area contributed by atoms with E-state index in [4.69, 9.17) is 5.73 Å². The first-order chi connectivity index (χ1) is 8.27. The quantitative estimate of drug-likeness (QED) is 0.910. The second kappa shape index (κ2) is 4.64. The molecule has 0 aromatic carbocycles. The zero-order chi connectivity index (χ0) is 13.6. The van der Waals surface area contributed by atoms with Crippen LogP contribution in [0.25, 0.3) is 0 Å². The van der Waals surface area contributed by atoms with Crippen molar-refractivity contribution >= 4 is 15.9 Å². The van der Waals surface area contributed by atoms with Crippen LogP contribution in [-0.2, 0) is 13.5 Å². The zero-order valence-corrected chi connectivity index (χ0v) is 13.5. The highest BCUT2D eigenvalue weighted by atomic mass is 79.9. The minimum atomic E-state index is -0.117. The molecule has 1 aliphatic rings.